The maximum atomic E-state index is 5.73. The number of aliphatic imine (C=N–C) groups is 1. The van der Waals surface area contributed by atoms with E-state index in [9.17, 15) is 0 Å². The molecule has 2 rings (SSSR count). The molecule has 1 aliphatic carbocycles. The molecule has 110 valence electrons. The molecule has 0 radical (unpaired) electrons. The van der Waals surface area contributed by atoms with Crippen molar-refractivity contribution in [2.24, 2.45) is 10.8 Å². The van der Waals surface area contributed by atoms with Crippen LogP contribution in [0, 0.1) is 0 Å². The Morgan fingerprint density at radius 2 is 1.95 bits per heavy atom. The maximum absolute atomic E-state index is 5.73. The quantitative estimate of drug-likeness (QED) is 0.349. The van der Waals surface area contributed by atoms with Crippen molar-refractivity contribution in [3.05, 3.63) is 0 Å². The number of rotatable bonds is 3. The molecule has 5 nitrogen and oxygen atoms in total. The highest BCUT2D eigenvalue weighted by atomic mass is 15.4. The van der Waals surface area contributed by atoms with Crippen molar-refractivity contribution in [3.8, 4) is 0 Å². The highest BCUT2D eigenvalue weighted by molar-refractivity contribution is 5.80. The van der Waals surface area contributed by atoms with Crippen LogP contribution in [-0.2, 0) is 0 Å². The number of likely N-dealkylation sites (tertiary alicyclic amines) is 1. The topological polar surface area (TPSA) is 56.9 Å². The van der Waals surface area contributed by atoms with Gasteiger partial charge in [0, 0.05) is 19.1 Å². The van der Waals surface area contributed by atoms with Gasteiger partial charge in [-0.2, -0.15) is 0 Å². The Hall–Kier alpha value is -0.810. The third kappa shape index (κ3) is 4.08. The van der Waals surface area contributed by atoms with Crippen LogP contribution in [0.3, 0.4) is 0 Å². The molecule has 2 fully saturated rings. The van der Waals surface area contributed by atoms with Crippen molar-refractivity contribution < 1.29 is 0 Å². The summed E-state index contributed by atoms with van der Waals surface area (Å²) in [6.07, 6.45) is 8.91. The molecule has 5 heteroatoms. The van der Waals surface area contributed by atoms with Crippen LogP contribution in [0.5, 0.6) is 0 Å². The first-order chi connectivity index (χ1) is 9.20. The Kier molecular flexibility index (Phi) is 5.45. The van der Waals surface area contributed by atoms with E-state index in [2.05, 4.69) is 29.3 Å². The van der Waals surface area contributed by atoms with Gasteiger partial charge in [0.15, 0.2) is 0 Å². The first kappa shape index (κ1) is 14.6. The summed E-state index contributed by atoms with van der Waals surface area (Å²) in [5, 5.41) is 0. The molecular weight excluding hydrogens is 238 g/mol. The van der Waals surface area contributed by atoms with Gasteiger partial charge in [0.2, 0.25) is 5.96 Å². The van der Waals surface area contributed by atoms with E-state index in [0.29, 0.717) is 12.1 Å². The molecule has 1 atom stereocenters. The largest absolute Gasteiger partial charge is 0.338 e. The second-order valence-corrected chi connectivity index (χ2v) is 6.14. The zero-order valence-corrected chi connectivity index (χ0v) is 12.4. The number of likely N-dealkylation sites (N-methyl/N-ethyl adjacent to an activating group) is 1. The summed E-state index contributed by atoms with van der Waals surface area (Å²) in [5.74, 6) is 6.64. The smallest absolute Gasteiger partial charge is 0.208 e. The van der Waals surface area contributed by atoms with Crippen molar-refractivity contribution in [2.45, 2.75) is 57.0 Å². The Morgan fingerprint density at radius 3 is 2.58 bits per heavy atom. The zero-order chi connectivity index (χ0) is 13.7. The van der Waals surface area contributed by atoms with E-state index >= 15 is 0 Å². The molecule has 1 saturated heterocycles. The van der Waals surface area contributed by atoms with Crippen LogP contribution in [0.1, 0.15) is 44.9 Å². The minimum absolute atomic E-state index is 0.473. The number of hydrogen-bond acceptors (Lipinski definition) is 3. The van der Waals surface area contributed by atoms with Gasteiger partial charge in [0.05, 0.1) is 6.04 Å². The van der Waals surface area contributed by atoms with Crippen LogP contribution in [-0.4, -0.2) is 55.0 Å². The summed E-state index contributed by atoms with van der Waals surface area (Å²) in [5.41, 5.74) is 2.85. The maximum Gasteiger partial charge on any atom is 0.208 e. The van der Waals surface area contributed by atoms with Gasteiger partial charge in [0.25, 0.3) is 0 Å². The number of nitrogens with zero attached hydrogens (tertiary/aromatic N) is 3. The van der Waals surface area contributed by atoms with E-state index < -0.39 is 0 Å². The summed E-state index contributed by atoms with van der Waals surface area (Å²) in [6, 6.07) is 1.02. The highest BCUT2D eigenvalue weighted by Gasteiger charge is 2.28. The van der Waals surface area contributed by atoms with Gasteiger partial charge >= 0.3 is 0 Å². The molecule has 19 heavy (non-hydrogen) atoms. The third-order valence-corrected chi connectivity index (χ3v) is 4.23. The lowest BCUT2D eigenvalue weighted by Gasteiger charge is -2.30. The number of nitrogens with one attached hydrogen (secondary N) is 1. The molecule has 0 aromatic carbocycles. The molecule has 3 N–H and O–H groups in total. The molecule has 1 aliphatic heterocycles. The Labute approximate surface area is 117 Å². The fraction of sp³-hybridized carbons (Fsp3) is 0.929. The fourth-order valence-corrected chi connectivity index (χ4v) is 3.30. The van der Waals surface area contributed by atoms with Gasteiger partial charge in [-0.1, -0.05) is 19.3 Å². The van der Waals surface area contributed by atoms with Crippen LogP contribution in [0.4, 0.5) is 0 Å². The van der Waals surface area contributed by atoms with Gasteiger partial charge in [-0.25, -0.2) is 10.8 Å². The van der Waals surface area contributed by atoms with Crippen LogP contribution in [0.25, 0.3) is 0 Å². The second kappa shape index (κ2) is 7.10. The monoisotopic (exact) mass is 267 g/mol. The van der Waals surface area contributed by atoms with Gasteiger partial charge in [-0.15, -0.1) is 0 Å². The SMILES string of the molecule is CN(C)CC1CCCN1C(=NC1CCCCC1)NN. The van der Waals surface area contributed by atoms with Gasteiger partial charge in [0.1, 0.15) is 0 Å². The number of hydrazine groups is 1. The summed E-state index contributed by atoms with van der Waals surface area (Å²) in [6.45, 7) is 2.15. The summed E-state index contributed by atoms with van der Waals surface area (Å²) < 4.78 is 0. The standard InChI is InChI=1S/C14H29N5/c1-18(2)11-13-9-6-10-19(13)14(17-15)16-12-7-4-3-5-8-12/h12-13H,3-11,15H2,1-2H3,(H,16,17). The van der Waals surface area contributed by atoms with Crippen LogP contribution < -0.4 is 11.3 Å². The van der Waals surface area contributed by atoms with Crippen LogP contribution in [0.2, 0.25) is 0 Å². The lowest BCUT2D eigenvalue weighted by molar-refractivity contribution is 0.278. The van der Waals surface area contributed by atoms with E-state index in [1.165, 1.54) is 44.9 Å². The summed E-state index contributed by atoms with van der Waals surface area (Å²) >= 11 is 0. The van der Waals surface area contributed by atoms with Gasteiger partial charge < -0.3 is 9.80 Å². The van der Waals surface area contributed by atoms with E-state index in [0.717, 1.165) is 19.0 Å². The van der Waals surface area contributed by atoms with Gasteiger partial charge in [-0.05, 0) is 39.8 Å². The Bertz CT molecular complexity index is 296. The molecule has 1 heterocycles. The van der Waals surface area contributed by atoms with Crippen LogP contribution >= 0.6 is 0 Å². The molecule has 0 aromatic heterocycles. The molecule has 0 aromatic rings. The van der Waals surface area contributed by atoms with Crippen LogP contribution in [0.15, 0.2) is 4.99 Å². The molecule has 0 bridgehead atoms. The van der Waals surface area contributed by atoms with Crippen molar-refractivity contribution in [1.29, 1.82) is 0 Å². The minimum atomic E-state index is 0.473. The summed E-state index contributed by atoms with van der Waals surface area (Å²) in [7, 11) is 4.26. The lowest BCUT2D eigenvalue weighted by atomic mass is 9.96. The normalized spacial score (nSPS) is 26.2. The second-order valence-electron chi connectivity index (χ2n) is 6.14. The molecule has 1 unspecified atom stereocenters. The average Bonchev–Trinajstić information content (AvgIpc) is 2.84. The fourth-order valence-electron chi connectivity index (χ4n) is 3.30. The third-order valence-electron chi connectivity index (χ3n) is 4.23. The van der Waals surface area contributed by atoms with Crippen molar-refractivity contribution in [2.75, 3.05) is 27.2 Å². The average molecular weight is 267 g/mol. The Morgan fingerprint density at radius 1 is 1.21 bits per heavy atom. The van der Waals surface area contributed by atoms with Crippen molar-refractivity contribution in [1.82, 2.24) is 15.2 Å². The number of nitrogens with two attached hydrogens (primary N) is 1. The van der Waals surface area contributed by atoms with Gasteiger partial charge in [-0.3, -0.25) is 5.43 Å². The van der Waals surface area contributed by atoms with E-state index in [-0.39, 0.29) is 0 Å². The number of hydrogen-bond donors (Lipinski definition) is 2. The molecule has 0 amide bonds. The molecule has 1 saturated carbocycles. The van der Waals surface area contributed by atoms with Crippen molar-refractivity contribution in [3.63, 3.8) is 0 Å². The Balaban J connectivity index is 2.00. The van der Waals surface area contributed by atoms with Crippen molar-refractivity contribution >= 4 is 5.96 Å². The zero-order valence-electron chi connectivity index (χ0n) is 12.4. The predicted molar refractivity (Wildman–Crippen MR) is 79.9 cm³/mol. The van der Waals surface area contributed by atoms with E-state index in [1.54, 1.807) is 0 Å². The molecule has 0 spiro atoms. The molecule has 2 aliphatic rings. The predicted octanol–water partition coefficient (Wildman–Crippen LogP) is 1.16. The number of guanidine groups is 1. The first-order valence-electron chi connectivity index (χ1n) is 7.66. The van der Waals surface area contributed by atoms with E-state index in [1.807, 2.05) is 0 Å². The minimum Gasteiger partial charge on any atom is -0.338 e. The highest BCUT2D eigenvalue weighted by Crippen LogP contribution is 2.22. The van der Waals surface area contributed by atoms with E-state index in [4.69, 9.17) is 10.8 Å². The first-order valence-corrected chi connectivity index (χ1v) is 7.66. The summed E-state index contributed by atoms with van der Waals surface area (Å²) in [4.78, 5) is 9.50. The lowest BCUT2D eigenvalue weighted by Crippen LogP contribution is -2.50. The molecular formula is C14H29N5.